The fourth-order valence-electron chi connectivity index (χ4n) is 1.44. The number of sulfonamides is 1. The first-order valence-corrected chi connectivity index (χ1v) is 8.84. The van der Waals surface area contributed by atoms with E-state index in [1.165, 1.54) is 15.6 Å². The number of aliphatic imine (C=N–C) groups is 1. The van der Waals surface area contributed by atoms with Crippen LogP contribution in [0.3, 0.4) is 0 Å². The molecule has 0 radical (unpaired) electrons. The van der Waals surface area contributed by atoms with Crippen molar-refractivity contribution in [3.63, 3.8) is 0 Å². The van der Waals surface area contributed by atoms with Crippen LogP contribution in [0, 0.1) is 0 Å². The minimum absolute atomic E-state index is 0.338. The minimum atomic E-state index is -3.38. The first-order valence-electron chi connectivity index (χ1n) is 6.52. The fraction of sp³-hybridized carbons (Fsp3) is 0.583. The number of hydrogen-bond donors (Lipinski definition) is 2. The van der Waals surface area contributed by atoms with Crippen LogP contribution >= 0.6 is 11.3 Å². The molecule has 6 nitrogen and oxygen atoms in total. The predicted octanol–water partition coefficient (Wildman–Crippen LogP) is 1.07. The van der Waals surface area contributed by atoms with Crippen molar-refractivity contribution in [2.45, 2.75) is 24.0 Å². The van der Waals surface area contributed by atoms with Gasteiger partial charge in [-0.2, -0.15) is 4.31 Å². The quantitative estimate of drug-likeness (QED) is 0.426. The number of likely N-dealkylation sites (N-methyl/N-ethyl adjacent to an activating group) is 1. The molecule has 0 saturated heterocycles. The highest BCUT2D eigenvalue weighted by atomic mass is 32.2. The summed E-state index contributed by atoms with van der Waals surface area (Å²) in [6.07, 6.45) is 2.06. The van der Waals surface area contributed by atoms with Crippen LogP contribution in [0.1, 0.15) is 19.8 Å². The predicted molar refractivity (Wildman–Crippen MR) is 83.5 cm³/mol. The summed E-state index contributed by atoms with van der Waals surface area (Å²) >= 11 is 1.21. The summed E-state index contributed by atoms with van der Waals surface area (Å²) < 4.78 is 25.9. The second-order valence-electron chi connectivity index (χ2n) is 4.31. The van der Waals surface area contributed by atoms with Gasteiger partial charge in [0, 0.05) is 26.7 Å². The SMILES string of the molecule is CCCCN=C(N)NCCN(C)S(=O)(=O)c1cccs1. The molecule has 3 N–H and O–H groups in total. The second-order valence-corrected chi connectivity index (χ2v) is 7.53. The molecule has 0 fully saturated rings. The Kier molecular flexibility index (Phi) is 6.97. The van der Waals surface area contributed by atoms with Gasteiger partial charge in [0.25, 0.3) is 10.0 Å². The molecular formula is C12H22N4O2S2. The second kappa shape index (κ2) is 8.23. The van der Waals surface area contributed by atoms with Crippen LogP contribution in [0.4, 0.5) is 0 Å². The van der Waals surface area contributed by atoms with Crippen molar-refractivity contribution >= 4 is 27.3 Å². The van der Waals surface area contributed by atoms with E-state index in [1.54, 1.807) is 24.6 Å². The van der Waals surface area contributed by atoms with Crippen molar-refractivity contribution in [2.24, 2.45) is 10.7 Å². The van der Waals surface area contributed by atoms with Gasteiger partial charge in [0.15, 0.2) is 5.96 Å². The van der Waals surface area contributed by atoms with Crippen LogP contribution < -0.4 is 11.1 Å². The topological polar surface area (TPSA) is 87.8 Å². The molecule has 0 aromatic carbocycles. The zero-order valence-corrected chi connectivity index (χ0v) is 13.5. The maximum Gasteiger partial charge on any atom is 0.252 e. The highest BCUT2D eigenvalue weighted by molar-refractivity contribution is 7.91. The lowest BCUT2D eigenvalue weighted by Crippen LogP contribution is -2.39. The molecule has 20 heavy (non-hydrogen) atoms. The van der Waals surface area contributed by atoms with E-state index in [2.05, 4.69) is 17.2 Å². The van der Waals surface area contributed by atoms with Gasteiger partial charge in [0.1, 0.15) is 4.21 Å². The van der Waals surface area contributed by atoms with Crippen molar-refractivity contribution in [2.75, 3.05) is 26.7 Å². The molecule has 114 valence electrons. The maximum absolute atomic E-state index is 12.1. The molecule has 0 aliphatic rings. The molecule has 1 heterocycles. The summed E-state index contributed by atoms with van der Waals surface area (Å²) in [6.45, 7) is 3.55. The Hall–Kier alpha value is -1.12. The van der Waals surface area contributed by atoms with Crippen molar-refractivity contribution in [3.05, 3.63) is 17.5 Å². The smallest absolute Gasteiger partial charge is 0.252 e. The van der Waals surface area contributed by atoms with Gasteiger partial charge in [-0.05, 0) is 17.9 Å². The summed E-state index contributed by atoms with van der Waals surface area (Å²) in [5.41, 5.74) is 5.68. The van der Waals surface area contributed by atoms with Crippen LogP contribution in [0.25, 0.3) is 0 Å². The molecule has 0 bridgehead atoms. The van der Waals surface area contributed by atoms with E-state index in [9.17, 15) is 8.42 Å². The third kappa shape index (κ3) is 5.10. The first kappa shape index (κ1) is 16.9. The van der Waals surface area contributed by atoms with Crippen LogP contribution in [-0.2, 0) is 10.0 Å². The van der Waals surface area contributed by atoms with Gasteiger partial charge in [0.2, 0.25) is 0 Å². The van der Waals surface area contributed by atoms with Crippen LogP contribution in [0.2, 0.25) is 0 Å². The average Bonchev–Trinajstić information content (AvgIpc) is 2.93. The van der Waals surface area contributed by atoms with Crippen molar-refractivity contribution in [1.29, 1.82) is 0 Å². The standard InChI is InChI=1S/C12H22N4O2S2/c1-3-4-7-14-12(13)15-8-9-16(2)20(17,18)11-6-5-10-19-11/h5-6,10H,3-4,7-9H2,1-2H3,(H3,13,14,15). The number of unbranched alkanes of at least 4 members (excludes halogenated alkanes) is 1. The van der Waals surface area contributed by atoms with Crippen LogP contribution in [0.15, 0.2) is 26.7 Å². The first-order chi connectivity index (χ1) is 9.48. The Morgan fingerprint density at radius 3 is 2.90 bits per heavy atom. The molecule has 1 rings (SSSR count). The lowest BCUT2D eigenvalue weighted by molar-refractivity contribution is 0.472. The van der Waals surface area contributed by atoms with Gasteiger partial charge >= 0.3 is 0 Å². The van der Waals surface area contributed by atoms with E-state index in [1.807, 2.05) is 0 Å². The Morgan fingerprint density at radius 1 is 1.55 bits per heavy atom. The number of nitrogens with one attached hydrogen (secondary N) is 1. The van der Waals surface area contributed by atoms with Crippen LogP contribution in [0.5, 0.6) is 0 Å². The monoisotopic (exact) mass is 318 g/mol. The van der Waals surface area contributed by atoms with E-state index < -0.39 is 10.0 Å². The van der Waals surface area contributed by atoms with Crippen molar-refractivity contribution < 1.29 is 8.42 Å². The van der Waals surface area contributed by atoms with Gasteiger partial charge < -0.3 is 11.1 Å². The lowest BCUT2D eigenvalue weighted by atomic mass is 10.3. The van der Waals surface area contributed by atoms with Gasteiger partial charge in [-0.3, -0.25) is 4.99 Å². The number of rotatable bonds is 8. The molecule has 0 saturated carbocycles. The zero-order valence-electron chi connectivity index (χ0n) is 11.9. The van der Waals surface area contributed by atoms with Crippen molar-refractivity contribution in [1.82, 2.24) is 9.62 Å². The number of hydrogen-bond acceptors (Lipinski definition) is 4. The molecule has 8 heteroatoms. The highest BCUT2D eigenvalue weighted by Crippen LogP contribution is 2.19. The Morgan fingerprint density at radius 2 is 2.30 bits per heavy atom. The third-order valence-corrected chi connectivity index (χ3v) is 5.92. The molecule has 1 aromatic heterocycles. The summed E-state index contributed by atoms with van der Waals surface area (Å²) in [7, 11) is -1.83. The fourth-order valence-corrected chi connectivity index (χ4v) is 3.81. The molecule has 0 amide bonds. The van der Waals surface area contributed by atoms with E-state index in [0.29, 0.717) is 29.8 Å². The van der Waals surface area contributed by atoms with E-state index in [4.69, 9.17) is 5.73 Å². The molecular weight excluding hydrogens is 296 g/mol. The molecule has 0 unspecified atom stereocenters. The minimum Gasteiger partial charge on any atom is -0.370 e. The Bertz CT molecular complexity index is 512. The van der Waals surface area contributed by atoms with Gasteiger partial charge in [-0.15, -0.1) is 11.3 Å². The maximum atomic E-state index is 12.1. The largest absolute Gasteiger partial charge is 0.370 e. The third-order valence-electron chi connectivity index (χ3n) is 2.69. The van der Waals surface area contributed by atoms with Gasteiger partial charge in [0.05, 0.1) is 0 Å². The van der Waals surface area contributed by atoms with E-state index >= 15 is 0 Å². The Balaban J connectivity index is 2.40. The molecule has 0 atom stereocenters. The molecule has 0 aliphatic heterocycles. The lowest BCUT2D eigenvalue weighted by Gasteiger charge is -2.16. The van der Waals surface area contributed by atoms with Crippen LogP contribution in [-0.4, -0.2) is 45.4 Å². The summed E-state index contributed by atoms with van der Waals surface area (Å²) in [6, 6.07) is 3.33. The number of guanidine groups is 1. The van der Waals surface area contributed by atoms with E-state index in [0.717, 1.165) is 12.8 Å². The molecule has 0 aliphatic carbocycles. The Labute approximate surface area is 124 Å². The summed E-state index contributed by atoms with van der Waals surface area (Å²) in [4.78, 5) is 4.14. The van der Waals surface area contributed by atoms with Crippen molar-refractivity contribution in [3.8, 4) is 0 Å². The molecule has 0 spiro atoms. The molecule has 1 aromatic rings. The zero-order chi connectivity index (χ0) is 15.0. The summed E-state index contributed by atoms with van der Waals surface area (Å²) in [5.74, 6) is 0.361. The highest BCUT2D eigenvalue weighted by Gasteiger charge is 2.20. The number of thiophene rings is 1. The van der Waals surface area contributed by atoms with Gasteiger partial charge in [-0.25, -0.2) is 8.42 Å². The normalized spacial score (nSPS) is 12.8. The number of nitrogens with zero attached hydrogens (tertiary/aromatic N) is 2. The average molecular weight is 318 g/mol. The number of nitrogens with two attached hydrogens (primary N) is 1. The summed E-state index contributed by atoms with van der Waals surface area (Å²) in [5, 5.41) is 4.66. The van der Waals surface area contributed by atoms with E-state index in [-0.39, 0.29) is 0 Å². The van der Waals surface area contributed by atoms with Gasteiger partial charge in [-0.1, -0.05) is 19.4 Å².